The highest BCUT2D eigenvalue weighted by atomic mass is 16.5. The highest BCUT2D eigenvalue weighted by molar-refractivity contribution is 5.65. The number of hydrogen-bond acceptors (Lipinski definition) is 4. The Labute approximate surface area is 252 Å². The van der Waals surface area contributed by atoms with Gasteiger partial charge in [-0.1, -0.05) is 136 Å². The molecule has 4 aromatic carbocycles. The largest absolute Gasteiger partial charge is 0.504 e. The van der Waals surface area contributed by atoms with Gasteiger partial charge in [0.1, 0.15) is 0 Å². The van der Waals surface area contributed by atoms with Crippen LogP contribution < -0.4 is 9.47 Å². The summed E-state index contributed by atoms with van der Waals surface area (Å²) in [7, 11) is 2.93. The molecule has 42 heavy (non-hydrogen) atoms. The smallest absolute Gasteiger partial charge is 0.207 e. The van der Waals surface area contributed by atoms with Crippen LogP contribution in [0.1, 0.15) is 85.6 Å². The lowest BCUT2D eigenvalue weighted by molar-refractivity contribution is 0.313. The van der Waals surface area contributed by atoms with E-state index in [0.29, 0.717) is 12.0 Å². The molecule has 0 bridgehead atoms. The maximum Gasteiger partial charge on any atom is 0.207 e. The lowest BCUT2D eigenvalue weighted by Gasteiger charge is -2.36. The Kier molecular flexibility index (Phi) is 11.3. The van der Waals surface area contributed by atoms with Gasteiger partial charge in [-0.05, 0) is 42.9 Å². The molecule has 0 fully saturated rings. The molecule has 0 saturated heterocycles. The summed E-state index contributed by atoms with van der Waals surface area (Å²) in [5, 5.41) is 21.2. The summed E-state index contributed by atoms with van der Waals surface area (Å²) in [5.41, 5.74) is 5.29. The van der Waals surface area contributed by atoms with Crippen LogP contribution in [0.15, 0.2) is 91.0 Å². The molecular formula is C38H46O4. The fraction of sp³-hybridized carbons (Fsp3) is 0.368. The quantitative estimate of drug-likeness (QED) is 0.0805. The first-order valence-corrected chi connectivity index (χ1v) is 15.4. The van der Waals surface area contributed by atoms with E-state index in [1.807, 2.05) is 6.92 Å². The van der Waals surface area contributed by atoms with Crippen LogP contribution in [0.5, 0.6) is 23.0 Å². The molecule has 0 atom stereocenters. The van der Waals surface area contributed by atoms with Crippen LogP contribution in [0.2, 0.25) is 0 Å². The van der Waals surface area contributed by atoms with Crippen molar-refractivity contribution in [3.05, 3.63) is 119 Å². The molecule has 0 spiro atoms. The van der Waals surface area contributed by atoms with Gasteiger partial charge in [0.25, 0.3) is 0 Å². The molecule has 4 heteroatoms. The fourth-order valence-corrected chi connectivity index (χ4v) is 6.38. The van der Waals surface area contributed by atoms with Gasteiger partial charge in [-0.15, -0.1) is 0 Å². The van der Waals surface area contributed by atoms with Crippen LogP contribution in [-0.2, 0) is 11.8 Å². The standard InChI is InChI=1S/C38H46O4/c1-29-33(35(40)37(42-3)36(41-2)34(29)39)27-19-8-6-4-5-7-9-20-28-38(30-21-13-10-14-22-30,31-23-15-11-16-24-31)32-25-17-12-18-26-32/h10-18,21-26,39-40H,4-9,19-20,27-28H2,1-3H3. The summed E-state index contributed by atoms with van der Waals surface area (Å²) in [6, 6.07) is 33.0. The number of ether oxygens (including phenoxy) is 2. The normalized spacial score (nSPS) is 11.4. The first kappa shape index (κ1) is 31.0. The minimum absolute atomic E-state index is 0.0398. The first-order chi connectivity index (χ1) is 20.5. The topological polar surface area (TPSA) is 58.9 Å². The number of phenolic OH excluding ortho intramolecular Hbond substituents is 2. The molecule has 0 aromatic heterocycles. The van der Waals surface area contributed by atoms with Crippen molar-refractivity contribution in [1.82, 2.24) is 0 Å². The number of rotatable bonds is 16. The predicted molar refractivity (Wildman–Crippen MR) is 172 cm³/mol. The van der Waals surface area contributed by atoms with E-state index in [2.05, 4.69) is 91.0 Å². The molecule has 0 aliphatic rings. The van der Waals surface area contributed by atoms with Crippen molar-refractivity contribution in [3.63, 3.8) is 0 Å². The van der Waals surface area contributed by atoms with E-state index in [0.717, 1.165) is 24.8 Å². The van der Waals surface area contributed by atoms with Crippen LogP contribution in [-0.4, -0.2) is 24.4 Å². The van der Waals surface area contributed by atoms with E-state index in [1.165, 1.54) is 69.4 Å². The molecule has 222 valence electrons. The number of phenols is 2. The van der Waals surface area contributed by atoms with Gasteiger partial charge >= 0.3 is 0 Å². The molecule has 0 heterocycles. The van der Waals surface area contributed by atoms with Gasteiger partial charge in [0.2, 0.25) is 11.5 Å². The Morgan fingerprint density at radius 2 is 0.905 bits per heavy atom. The Morgan fingerprint density at radius 3 is 1.33 bits per heavy atom. The summed E-state index contributed by atoms with van der Waals surface area (Å²) < 4.78 is 10.5. The second-order valence-corrected chi connectivity index (χ2v) is 11.2. The van der Waals surface area contributed by atoms with Crippen molar-refractivity contribution in [2.75, 3.05) is 14.2 Å². The average molecular weight is 567 g/mol. The molecule has 0 radical (unpaired) electrons. The minimum Gasteiger partial charge on any atom is -0.504 e. The molecule has 0 aliphatic heterocycles. The van der Waals surface area contributed by atoms with E-state index < -0.39 is 0 Å². The summed E-state index contributed by atoms with van der Waals surface area (Å²) in [4.78, 5) is 0. The Balaban J connectivity index is 1.28. The maximum atomic E-state index is 10.7. The second kappa shape index (κ2) is 15.3. The molecule has 0 saturated carbocycles. The molecule has 0 amide bonds. The van der Waals surface area contributed by atoms with Crippen molar-refractivity contribution in [1.29, 1.82) is 0 Å². The zero-order valence-corrected chi connectivity index (χ0v) is 25.4. The van der Waals surface area contributed by atoms with Gasteiger partial charge in [0.15, 0.2) is 11.5 Å². The van der Waals surface area contributed by atoms with Crippen LogP contribution in [0.25, 0.3) is 0 Å². The van der Waals surface area contributed by atoms with Crippen LogP contribution in [0.3, 0.4) is 0 Å². The molecule has 4 nitrogen and oxygen atoms in total. The van der Waals surface area contributed by atoms with E-state index in [9.17, 15) is 10.2 Å². The van der Waals surface area contributed by atoms with E-state index in [1.54, 1.807) is 0 Å². The average Bonchev–Trinajstić information content (AvgIpc) is 3.04. The minimum atomic E-state index is -0.161. The van der Waals surface area contributed by atoms with Crippen LogP contribution in [0, 0.1) is 6.92 Å². The molecule has 4 rings (SSSR count). The Bertz CT molecular complexity index is 1270. The lowest BCUT2D eigenvalue weighted by atomic mass is 9.66. The third-order valence-corrected chi connectivity index (χ3v) is 8.67. The third kappa shape index (κ3) is 6.92. The summed E-state index contributed by atoms with van der Waals surface area (Å²) in [5.74, 6) is 0.497. The number of hydrogen-bond donors (Lipinski definition) is 2. The number of methoxy groups -OCH3 is 2. The maximum absolute atomic E-state index is 10.7. The van der Waals surface area contributed by atoms with Gasteiger partial charge in [0, 0.05) is 16.5 Å². The van der Waals surface area contributed by atoms with Crippen molar-refractivity contribution >= 4 is 0 Å². The zero-order valence-electron chi connectivity index (χ0n) is 25.4. The third-order valence-electron chi connectivity index (χ3n) is 8.67. The predicted octanol–water partition coefficient (Wildman–Crippen LogP) is 9.51. The summed E-state index contributed by atoms with van der Waals surface area (Å²) >= 11 is 0. The fourth-order valence-electron chi connectivity index (χ4n) is 6.38. The number of aromatic hydroxyl groups is 2. The van der Waals surface area contributed by atoms with Gasteiger partial charge < -0.3 is 19.7 Å². The monoisotopic (exact) mass is 566 g/mol. The van der Waals surface area contributed by atoms with Crippen molar-refractivity contribution in [2.45, 2.75) is 76.5 Å². The molecule has 0 aliphatic carbocycles. The van der Waals surface area contributed by atoms with E-state index in [-0.39, 0.29) is 28.4 Å². The zero-order chi connectivity index (χ0) is 29.8. The Morgan fingerprint density at radius 1 is 0.524 bits per heavy atom. The van der Waals surface area contributed by atoms with Gasteiger partial charge in [-0.3, -0.25) is 0 Å². The molecule has 0 unspecified atom stereocenters. The van der Waals surface area contributed by atoms with Crippen molar-refractivity contribution in [3.8, 4) is 23.0 Å². The summed E-state index contributed by atoms with van der Waals surface area (Å²) in [6.45, 7) is 1.81. The van der Waals surface area contributed by atoms with Gasteiger partial charge in [-0.2, -0.15) is 0 Å². The molecule has 4 aromatic rings. The molecular weight excluding hydrogens is 520 g/mol. The van der Waals surface area contributed by atoms with Gasteiger partial charge in [-0.25, -0.2) is 0 Å². The highest BCUT2D eigenvalue weighted by Crippen LogP contribution is 2.48. The van der Waals surface area contributed by atoms with Crippen LogP contribution >= 0.6 is 0 Å². The first-order valence-electron chi connectivity index (χ1n) is 15.4. The van der Waals surface area contributed by atoms with Gasteiger partial charge in [0.05, 0.1) is 14.2 Å². The number of benzene rings is 4. The van der Waals surface area contributed by atoms with Crippen molar-refractivity contribution in [2.24, 2.45) is 0 Å². The van der Waals surface area contributed by atoms with Crippen molar-refractivity contribution < 1.29 is 19.7 Å². The highest BCUT2D eigenvalue weighted by Gasteiger charge is 2.35. The Hall–Kier alpha value is -3.92. The lowest BCUT2D eigenvalue weighted by Crippen LogP contribution is -2.29. The van der Waals surface area contributed by atoms with Crippen LogP contribution in [0.4, 0.5) is 0 Å². The number of unbranched alkanes of at least 4 members (excludes halogenated alkanes) is 7. The molecule has 2 N–H and O–H groups in total. The second-order valence-electron chi connectivity index (χ2n) is 11.2. The van der Waals surface area contributed by atoms with E-state index >= 15 is 0 Å². The van der Waals surface area contributed by atoms with E-state index in [4.69, 9.17) is 9.47 Å². The SMILES string of the molecule is COc1c(O)c(C)c(CCCCCCCCCCC(c2ccccc2)(c2ccccc2)c2ccccc2)c(O)c1OC. The summed E-state index contributed by atoms with van der Waals surface area (Å²) in [6.07, 6.45) is 11.0.